The van der Waals surface area contributed by atoms with Crippen LogP contribution in [0.25, 0.3) is 0 Å². The molecule has 0 unspecified atom stereocenters. The van der Waals surface area contributed by atoms with Gasteiger partial charge in [0.25, 0.3) is 0 Å². The number of carbonyl (C=O) groups excluding carboxylic acids is 1. The number of amides is 1. The predicted octanol–water partition coefficient (Wildman–Crippen LogP) is 6.09. The Morgan fingerprint density at radius 3 is 1.89 bits per heavy atom. The highest BCUT2D eigenvalue weighted by molar-refractivity contribution is 7.97. The Labute approximate surface area is 168 Å². The molecule has 1 N–H and O–H groups in total. The second kappa shape index (κ2) is 14.0. The monoisotopic (exact) mass is 391 g/mol. The van der Waals surface area contributed by atoms with Gasteiger partial charge in [-0.15, -0.1) is 0 Å². The molecule has 0 aliphatic heterocycles. The van der Waals surface area contributed by atoms with Crippen LogP contribution in [-0.4, -0.2) is 19.3 Å². The number of ether oxygens (including phenoxy) is 2. The lowest BCUT2D eigenvalue weighted by molar-refractivity contribution is -0.118. The van der Waals surface area contributed by atoms with E-state index in [4.69, 9.17) is 9.47 Å². The van der Waals surface area contributed by atoms with Crippen molar-refractivity contribution in [3.8, 4) is 17.2 Å². The van der Waals surface area contributed by atoms with Crippen LogP contribution in [0.3, 0.4) is 0 Å². The number of aryl methyl sites for hydroxylation is 2. The summed E-state index contributed by atoms with van der Waals surface area (Å²) in [6, 6.07) is 11.5. The molecule has 0 atom stereocenters. The van der Waals surface area contributed by atoms with E-state index in [2.05, 4.69) is 4.72 Å². The molecular weight excluding hydrogens is 358 g/mol. The molecule has 0 radical (unpaired) electrons. The van der Waals surface area contributed by atoms with E-state index in [0.29, 0.717) is 6.42 Å². The third kappa shape index (κ3) is 8.39. The van der Waals surface area contributed by atoms with Crippen molar-refractivity contribution < 1.29 is 14.3 Å². The van der Waals surface area contributed by atoms with Crippen LogP contribution in [0.4, 0.5) is 0 Å². The number of carbonyl (C=O) groups is 1. The minimum Gasteiger partial charge on any atom is -0.497 e. The highest BCUT2D eigenvalue weighted by Crippen LogP contribution is 2.31. The average Bonchev–Trinajstić information content (AvgIpc) is 2.68. The van der Waals surface area contributed by atoms with Crippen LogP contribution in [0.2, 0.25) is 0 Å². The quantitative estimate of drug-likeness (QED) is 0.605. The zero-order valence-electron chi connectivity index (χ0n) is 17.8. The molecule has 27 heavy (non-hydrogen) atoms. The summed E-state index contributed by atoms with van der Waals surface area (Å²) in [5.74, 6) is 2.37. The van der Waals surface area contributed by atoms with Gasteiger partial charge in [0, 0.05) is 6.26 Å². The number of rotatable bonds is 6. The second-order valence-electron chi connectivity index (χ2n) is 5.24. The summed E-state index contributed by atoms with van der Waals surface area (Å²) in [4.78, 5) is 11.7. The molecule has 0 saturated heterocycles. The molecule has 0 aromatic heterocycles. The van der Waals surface area contributed by atoms with Crippen molar-refractivity contribution in [2.45, 2.75) is 48.0 Å². The van der Waals surface area contributed by atoms with Crippen molar-refractivity contribution >= 4 is 17.9 Å². The molecule has 0 saturated carbocycles. The Kier molecular flexibility index (Phi) is 12.9. The van der Waals surface area contributed by atoms with E-state index in [0.717, 1.165) is 33.9 Å². The van der Waals surface area contributed by atoms with Crippen molar-refractivity contribution in [2.24, 2.45) is 0 Å². The molecule has 0 fully saturated rings. The maximum Gasteiger partial charge on any atom is 0.234 e. The van der Waals surface area contributed by atoms with Crippen LogP contribution in [-0.2, 0) is 11.2 Å². The fourth-order valence-corrected chi connectivity index (χ4v) is 2.70. The third-order valence-electron chi connectivity index (χ3n) is 3.38. The minimum atomic E-state index is 0.000114. The summed E-state index contributed by atoms with van der Waals surface area (Å²) in [6.07, 6.45) is 2.20. The van der Waals surface area contributed by atoms with E-state index in [-0.39, 0.29) is 5.91 Å². The number of nitrogens with one attached hydrogen (secondary N) is 1. The Balaban J connectivity index is 0.00000158. The van der Waals surface area contributed by atoms with E-state index < -0.39 is 0 Å². The maximum absolute atomic E-state index is 11.7. The van der Waals surface area contributed by atoms with Gasteiger partial charge in [-0.3, -0.25) is 4.79 Å². The zero-order chi connectivity index (χ0) is 20.8. The lowest BCUT2D eigenvalue weighted by atomic mass is 10.0. The minimum absolute atomic E-state index is 0.000114. The van der Waals surface area contributed by atoms with Crippen molar-refractivity contribution in [3.63, 3.8) is 0 Å². The van der Waals surface area contributed by atoms with Crippen molar-refractivity contribution in [3.05, 3.63) is 53.1 Å². The molecule has 2 aromatic carbocycles. The molecule has 0 aliphatic rings. The van der Waals surface area contributed by atoms with Crippen LogP contribution in [0, 0.1) is 13.8 Å². The standard InChI is InChI=1S/C18H21NO3S.2C2H6/c1-12-9-14(11-17(20)19-23-4)10-13(2)18(12)22-16-7-5-15(21-3)6-8-16;2*1-2/h5-10H,11H2,1-4H3,(H,19,20);2*1-2H3. The van der Waals surface area contributed by atoms with Gasteiger partial charge in [0.1, 0.15) is 17.2 Å². The lowest BCUT2D eigenvalue weighted by Gasteiger charge is -2.14. The number of methoxy groups -OCH3 is 1. The van der Waals surface area contributed by atoms with Crippen LogP contribution in [0.1, 0.15) is 44.4 Å². The first-order chi connectivity index (χ1) is 13.0. The largest absolute Gasteiger partial charge is 0.497 e. The molecule has 0 aliphatic carbocycles. The van der Waals surface area contributed by atoms with Gasteiger partial charge in [0.15, 0.2) is 0 Å². The average molecular weight is 392 g/mol. The molecular formula is C22H33NO3S. The van der Waals surface area contributed by atoms with E-state index in [9.17, 15) is 4.79 Å². The first-order valence-electron chi connectivity index (χ1n) is 9.27. The van der Waals surface area contributed by atoms with Crippen LogP contribution < -0.4 is 14.2 Å². The molecule has 2 aromatic rings. The summed E-state index contributed by atoms with van der Waals surface area (Å²) in [6.45, 7) is 12.0. The Hall–Kier alpha value is -2.14. The maximum atomic E-state index is 11.7. The Morgan fingerprint density at radius 1 is 0.963 bits per heavy atom. The van der Waals surface area contributed by atoms with E-state index in [1.165, 1.54) is 11.9 Å². The fourth-order valence-electron chi connectivity index (χ4n) is 2.40. The summed E-state index contributed by atoms with van der Waals surface area (Å²) < 4.78 is 13.9. The molecule has 0 bridgehead atoms. The number of hydrogen-bond acceptors (Lipinski definition) is 4. The van der Waals surface area contributed by atoms with Gasteiger partial charge in [0.05, 0.1) is 13.5 Å². The summed E-state index contributed by atoms with van der Waals surface area (Å²) in [5.41, 5.74) is 2.99. The predicted molar refractivity (Wildman–Crippen MR) is 117 cm³/mol. The van der Waals surface area contributed by atoms with Crippen LogP contribution in [0.15, 0.2) is 36.4 Å². The molecule has 0 spiro atoms. The molecule has 2 rings (SSSR count). The molecule has 4 nitrogen and oxygen atoms in total. The molecule has 1 amide bonds. The first-order valence-corrected chi connectivity index (χ1v) is 10.5. The molecule has 150 valence electrons. The highest BCUT2D eigenvalue weighted by Gasteiger charge is 2.10. The van der Waals surface area contributed by atoms with Gasteiger partial charge < -0.3 is 14.2 Å². The second-order valence-corrected chi connectivity index (χ2v) is 5.85. The van der Waals surface area contributed by atoms with Gasteiger partial charge in [-0.05, 0) is 54.8 Å². The summed E-state index contributed by atoms with van der Waals surface area (Å²) >= 11 is 1.31. The smallest absolute Gasteiger partial charge is 0.234 e. The van der Waals surface area contributed by atoms with Gasteiger partial charge in [0.2, 0.25) is 5.91 Å². The van der Waals surface area contributed by atoms with Crippen molar-refractivity contribution in [1.82, 2.24) is 4.72 Å². The number of hydrogen-bond donors (Lipinski definition) is 1. The third-order valence-corrected chi connectivity index (χ3v) is 3.81. The highest BCUT2D eigenvalue weighted by atomic mass is 32.2. The van der Waals surface area contributed by atoms with E-state index in [1.807, 2.05) is 84.2 Å². The SMILES string of the molecule is CC.CC.COc1ccc(Oc2c(C)cc(CC(=O)NSC)cc2C)cc1. The van der Waals surface area contributed by atoms with Crippen LogP contribution >= 0.6 is 11.9 Å². The van der Waals surface area contributed by atoms with E-state index in [1.54, 1.807) is 7.11 Å². The fraction of sp³-hybridized carbons (Fsp3) is 0.409. The van der Waals surface area contributed by atoms with Crippen molar-refractivity contribution in [2.75, 3.05) is 13.4 Å². The van der Waals surface area contributed by atoms with Crippen molar-refractivity contribution in [1.29, 1.82) is 0 Å². The first kappa shape index (κ1) is 24.9. The Bertz CT molecular complexity index is 661. The Morgan fingerprint density at radius 2 is 1.44 bits per heavy atom. The lowest BCUT2D eigenvalue weighted by Crippen LogP contribution is -2.17. The summed E-state index contributed by atoms with van der Waals surface area (Å²) in [5, 5.41) is 0. The normalized spacial score (nSPS) is 9.19. The topological polar surface area (TPSA) is 47.6 Å². The summed E-state index contributed by atoms with van der Waals surface area (Å²) in [7, 11) is 1.64. The van der Waals surface area contributed by atoms with Gasteiger partial charge in [-0.2, -0.15) is 0 Å². The number of benzene rings is 2. The van der Waals surface area contributed by atoms with Gasteiger partial charge >= 0.3 is 0 Å². The zero-order valence-corrected chi connectivity index (χ0v) is 18.6. The van der Waals surface area contributed by atoms with E-state index >= 15 is 0 Å². The van der Waals surface area contributed by atoms with Crippen LogP contribution in [0.5, 0.6) is 17.2 Å². The molecule has 5 heteroatoms. The molecule has 0 heterocycles. The van der Waals surface area contributed by atoms with Gasteiger partial charge in [-0.25, -0.2) is 0 Å². The van der Waals surface area contributed by atoms with Gasteiger partial charge in [-0.1, -0.05) is 51.8 Å².